The van der Waals surface area contributed by atoms with Crippen molar-refractivity contribution in [1.82, 2.24) is 30.4 Å². The summed E-state index contributed by atoms with van der Waals surface area (Å²) >= 11 is 0. The monoisotopic (exact) mass is 556 g/mol. The summed E-state index contributed by atoms with van der Waals surface area (Å²) < 4.78 is 12.2. The molecular weight excluding hydrogens is 524 g/mol. The van der Waals surface area contributed by atoms with Gasteiger partial charge in [-0.3, -0.25) is 9.97 Å². The largest absolute Gasteiger partial charge is 0.416 e. The van der Waals surface area contributed by atoms with Gasteiger partial charge in [-0.1, -0.05) is 65.8 Å². The highest BCUT2D eigenvalue weighted by Crippen LogP contribution is 2.32. The molecule has 8 nitrogen and oxygen atoms in total. The minimum Gasteiger partial charge on any atom is -0.416 e. The third kappa shape index (κ3) is 5.61. The van der Waals surface area contributed by atoms with Crippen LogP contribution in [0.1, 0.15) is 52.7 Å². The van der Waals surface area contributed by atoms with Crippen molar-refractivity contribution < 1.29 is 8.83 Å². The Labute approximate surface area is 244 Å². The van der Waals surface area contributed by atoms with Crippen LogP contribution >= 0.6 is 0 Å². The molecule has 0 atom stereocenters. The Morgan fingerprint density at radius 3 is 1.17 bits per heavy atom. The van der Waals surface area contributed by atoms with E-state index in [0.717, 1.165) is 22.3 Å². The second kappa shape index (κ2) is 10.4. The zero-order valence-corrected chi connectivity index (χ0v) is 24.6. The summed E-state index contributed by atoms with van der Waals surface area (Å²) in [6, 6.07) is 23.8. The average Bonchev–Trinajstić information content (AvgIpc) is 3.68. The fraction of sp³-hybridized carbons (Fsp3) is 0.235. The Hall–Kier alpha value is -4.98. The maximum atomic E-state index is 6.08. The Morgan fingerprint density at radius 1 is 0.452 bits per heavy atom. The molecule has 0 spiro atoms. The molecule has 0 unspecified atom stereocenters. The van der Waals surface area contributed by atoms with Gasteiger partial charge in [0.15, 0.2) is 0 Å². The van der Waals surface area contributed by atoms with E-state index in [1.165, 1.54) is 11.1 Å². The maximum absolute atomic E-state index is 6.08. The molecule has 0 saturated carbocycles. The number of hydrogen-bond donors (Lipinski definition) is 0. The van der Waals surface area contributed by atoms with E-state index in [4.69, 9.17) is 8.83 Å². The minimum atomic E-state index is 0.0144. The molecule has 0 fully saturated rings. The van der Waals surface area contributed by atoms with Crippen molar-refractivity contribution in [2.45, 2.75) is 52.4 Å². The molecule has 0 amide bonds. The van der Waals surface area contributed by atoms with E-state index >= 15 is 0 Å². The molecule has 0 saturated heterocycles. The van der Waals surface area contributed by atoms with Gasteiger partial charge in [-0.25, -0.2) is 0 Å². The third-order valence-corrected chi connectivity index (χ3v) is 7.08. The molecule has 42 heavy (non-hydrogen) atoms. The third-order valence-electron chi connectivity index (χ3n) is 7.08. The molecule has 210 valence electrons. The van der Waals surface area contributed by atoms with E-state index < -0.39 is 0 Å². The van der Waals surface area contributed by atoms with Gasteiger partial charge >= 0.3 is 0 Å². The predicted molar refractivity (Wildman–Crippen MR) is 162 cm³/mol. The van der Waals surface area contributed by atoms with Crippen molar-refractivity contribution >= 4 is 0 Å². The number of benzene rings is 2. The number of aromatic nitrogens is 6. The smallest absolute Gasteiger partial charge is 0.248 e. The summed E-state index contributed by atoms with van der Waals surface area (Å²) in [5, 5.41) is 17.2. The highest BCUT2D eigenvalue weighted by Gasteiger charge is 2.19. The minimum absolute atomic E-state index is 0.0144. The first-order valence-corrected chi connectivity index (χ1v) is 13.9. The average molecular weight is 557 g/mol. The Morgan fingerprint density at radius 2 is 0.810 bits per heavy atom. The summed E-state index contributed by atoms with van der Waals surface area (Å²) in [6.07, 6.45) is 3.41. The zero-order chi connectivity index (χ0) is 29.5. The number of hydrogen-bond acceptors (Lipinski definition) is 8. The van der Waals surface area contributed by atoms with Gasteiger partial charge in [-0.05, 0) is 70.5 Å². The lowest BCUT2D eigenvalue weighted by molar-refractivity contribution is 0.579. The summed E-state index contributed by atoms with van der Waals surface area (Å²) in [6.45, 7) is 13.1. The van der Waals surface area contributed by atoms with Crippen molar-refractivity contribution in [2.75, 3.05) is 0 Å². The molecule has 2 aromatic carbocycles. The van der Waals surface area contributed by atoms with Crippen LogP contribution in [-0.2, 0) is 10.8 Å². The summed E-state index contributed by atoms with van der Waals surface area (Å²) in [5.74, 6) is 1.75. The van der Waals surface area contributed by atoms with Gasteiger partial charge in [0.25, 0.3) is 0 Å². The topological polar surface area (TPSA) is 104 Å². The normalized spacial score (nSPS) is 12.0. The van der Waals surface area contributed by atoms with Crippen molar-refractivity contribution in [1.29, 1.82) is 0 Å². The molecule has 4 aromatic heterocycles. The van der Waals surface area contributed by atoms with Gasteiger partial charge < -0.3 is 8.83 Å². The van der Waals surface area contributed by atoms with Crippen LogP contribution in [0.4, 0.5) is 0 Å². The zero-order valence-electron chi connectivity index (χ0n) is 24.6. The van der Waals surface area contributed by atoms with Gasteiger partial charge in [0.2, 0.25) is 23.6 Å². The van der Waals surface area contributed by atoms with Crippen molar-refractivity contribution in [3.63, 3.8) is 0 Å². The molecule has 0 aliphatic heterocycles. The Balaban J connectivity index is 1.27. The van der Waals surface area contributed by atoms with E-state index in [1.807, 2.05) is 48.5 Å². The molecular formula is C34H32N6O2. The second-order valence-corrected chi connectivity index (χ2v) is 12.3. The van der Waals surface area contributed by atoms with Crippen LogP contribution < -0.4 is 0 Å². The molecule has 6 rings (SSSR count). The van der Waals surface area contributed by atoms with E-state index in [2.05, 4.69) is 96.2 Å². The van der Waals surface area contributed by atoms with Crippen LogP contribution in [0.15, 0.2) is 94.0 Å². The molecule has 0 aliphatic rings. The highest BCUT2D eigenvalue weighted by atomic mass is 16.4. The fourth-order valence-electron chi connectivity index (χ4n) is 4.56. The van der Waals surface area contributed by atoms with Crippen LogP contribution in [0.2, 0.25) is 0 Å². The van der Waals surface area contributed by atoms with Crippen molar-refractivity contribution in [3.8, 4) is 57.2 Å². The van der Waals surface area contributed by atoms with Crippen molar-refractivity contribution in [2.24, 2.45) is 0 Å². The van der Waals surface area contributed by atoms with Gasteiger partial charge in [-0.2, -0.15) is 0 Å². The standard InChI is InChI=1S/C34H32N6O2/c1-33(2,3)25-11-7-9-21(17-25)29-37-39-31(41-29)23-13-15-35-27(19-23)28-20-24(14-16-36-28)32-40-38-30(42-32)22-10-8-12-26(18-22)34(4,5)6/h7-20H,1-6H3. The van der Waals surface area contributed by atoms with E-state index in [9.17, 15) is 0 Å². The molecule has 0 aliphatic carbocycles. The summed E-state index contributed by atoms with van der Waals surface area (Å²) in [4.78, 5) is 9.08. The molecule has 8 heteroatoms. The van der Waals surface area contributed by atoms with Crippen LogP contribution in [0.5, 0.6) is 0 Å². The quantitative estimate of drug-likeness (QED) is 0.209. The summed E-state index contributed by atoms with van der Waals surface area (Å²) in [5.41, 5.74) is 6.99. The number of pyridine rings is 2. The van der Waals surface area contributed by atoms with Gasteiger partial charge in [0.05, 0.1) is 11.4 Å². The van der Waals surface area contributed by atoms with Gasteiger partial charge in [0, 0.05) is 34.6 Å². The second-order valence-electron chi connectivity index (χ2n) is 12.3. The Bertz CT molecular complexity index is 1740. The van der Waals surface area contributed by atoms with Crippen LogP contribution in [0.25, 0.3) is 57.2 Å². The lowest BCUT2D eigenvalue weighted by Crippen LogP contribution is -2.10. The van der Waals surface area contributed by atoms with Crippen LogP contribution in [-0.4, -0.2) is 30.4 Å². The molecule has 0 radical (unpaired) electrons. The first-order chi connectivity index (χ1) is 20.0. The molecule has 6 aromatic rings. The number of rotatable bonds is 5. The first kappa shape index (κ1) is 27.2. The maximum Gasteiger partial charge on any atom is 0.248 e. The fourth-order valence-corrected chi connectivity index (χ4v) is 4.56. The van der Waals surface area contributed by atoms with Crippen LogP contribution in [0, 0.1) is 0 Å². The highest BCUT2D eigenvalue weighted by molar-refractivity contribution is 5.68. The van der Waals surface area contributed by atoms with Crippen molar-refractivity contribution in [3.05, 3.63) is 96.3 Å². The lowest BCUT2D eigenvalue weighted by Gasteiger charge is -2.19. The van der Waals surface area contributed by atoms with E-state index in [0.29, 0.717) is 35.0 Å². The van der Waals surface area contributed by atoms with Gasteiger partial charge in [-0.15, -0.1) is 20.4 Å². The Kier molecular flexibility index (Phi) is 6.77. The van der Waals surface area contributed by atoms with Crippen LogP contribution in [0.3, 0.4) is 0 Å². The first-order valence-electron chi connectivity index (χ1n) is 13.9. The molecule has 0 N–H and O–H groups in total. The molecule has 0 bridgehead atoms. The predicted octanol–water partition coefficient (Wildman–Crippen LogP) is 8.17. The molecule has 4 heterocycles. The summed E-state index contributed by atoms with van der Waals surface area (Å²) in [7, 11) is 0. The van der Waals surface area contributed by atoms with E-state index in [1.54, 1.807) is 12.4 Å². The number of nitrogens with zero attached hydrogens (tertiary/aromatic N) is 6. The van der Waals surface area contributed by atoms with E-state index in [-0.39, 0.29) is 10.8 Å². The van der Waals surface area contributed by atoms with Gasteiger partial charge in [0.1, 0.15) is 0 Å². The SMILES string of the molecule is CC(C)(C)c1cccc(-c2nnc(-c3ccnc(-c4cc(-c5nnc(-c6cccc(C(C)(C)C)c6)o5)ccn4)c3)o2)c1. The lowest BCUT2D eigenvalue weighted by atomic mass is 9.86.